The lowest BCUT2D eigenvalue weighted by Crippen LogP contribution is -2.55. The number of ether oxygens (including phenoxy) is 3. The number of aliphatic hydroxyl groups excluding tert-OH is 1. The maximum absolute atomic E-state index is 11.6. The van der Waals surface area contributed by atoms with Gasteiger partial charge in [0.25, 0.3) is 5.69 Å². The molecule has 0 saturated carbocycles. The van der Waals surface area contributed by atoms with Crippen LogP contribution in [0.4, 0.5) is 5.69 Å². The topological polar surface area (TPSA) is 120 Å². The molecule has 0 radical (unpaired) electrons. The number of fused-ring (bicyclic) bond motifs is 1. The van der Waals surface area contributed by atoms with Gasteiger partial charge in [0.15, 0.2) is 0 Å². The van der Waals surface area contributed by atoms with Crippen molar-refractivity contribution in [1.82, 2.24) is 5.32 Å². The minimum absolute atomic E-state index is 0.0750. The minimum Gasteiger partial charge on any atom is -0.494 e. The first-order valence-electron chi connectivity index (χ1n) is 11.9. The van der Waals surface area contributed by atoms with Crippen LogP contribution in [0.2, 0.25) is 0 Å². The fourth-order valence-corrected chi connectivity index (χ4v) is 4.14. The second-order valence-corrected chi connectivity index (χ2v) is 8.32. The van der Waals surface area contributed by atoms with Crippen LogP contribution in [0.3, 0.4) is 0 Å². The van der Waals surface area contributed by atoms with Crippen molar-refractivity contribution in [2.75, 3.05) is 19.8 Å². The Morgan fingerprint density at radius 1 is 1.29 bits per heavy atom. The molecule has 9 heteroatoms. The van der Waals surface area contributed by atoms with E-state index in [0.29, 0.717) is 36.5 Å². The first-order chi connectivity index (χ1) is 16.4. The number of carbonyl (C=O) groups excluding carboxylic acids is 1. The van der Waals surface area contributed by atoms with E-state index in [1.165, 1.54) is 18.2 Å². The highest BCUT2D eigenvalue weighted by atomic mass is 16.6. The van der Waals surface area contributed by atoms with Gasteiger partial charge in [-0.2, -0.15) is 0 Å². The van der Waals surface area contributed by atoms with Gasteiger partial charge in [0.05, 0.1) is 24.2 Å². The molecule has 1 aliphatic rings. The number of hydrogen-bond acceptors (Lipinski definition) is 8. The molecule has 0 aliphatic carbocycles. The molecule has 0 aromatic heterocycles. The third-order valence-corrected chi connectivity index (χ3v) is 5.90. The molecule has 1 aromatic rings. The summed E-state index contributed by atoms with van der Waals surface area (Å²) in [6, 6.07) is 3.83. The Bertz CT molecular complexity index is 872. The van der Waals surface area contributed by atoms with Gasteiger partial charge in [0.1, 0.15) is 35.8 Å². The van der Waals surface area contributed by atoms with Crippen LogP contribution in [-0.4, -0.2) is 47.5 Å². The first-order valence-corrected chi connectivity index (χ1v) is 11.9. The van der Waals surface area contributed by atoms with Crippen LogP contribution in [0.25, 0.3) is 0 Å². The van der Waals surface area contributed by atoms with Gasteiger partial charge in [-0.05, 0) is 38.7 Å². The van der Waals surface area contributed by atoms with E-state index in [2.05, 4.69) is 19.2 Å². The number of nitrogens with zero attached hydrogens (tertiary/aromatic N) is 1. The standard InChI is InChI=1S/C25H36N2O7/c1-4-7-12-25(13-8-5-2)24(29)23(21-16-19(27(30)31)10-11-22(21)34-25)26-17-20(33-6-3)18-32-15-9-14-28/h9-11,16-17,23-24,26,29H,4-8,12-13,15,18H2,1-3H3/b20-17+/t23-,24+/m0/s1. The van der Waals surface area contributed by atoms with Crippen LogP contribution < -0.4 is 10.1 Å². The smallest absolute Gasteiger partial charge is 0.270 e. The van der Waals surface area contributed by atoms with Crippen molar-refractivity contribution in [3.8, 4) is 5.75 Å². The van der Waals surface area contributed by atoms with Gasteiger partial charge in [-0.25, -0.2) is 4.79 Å². The van der Waals surface area contributed by atoms with Crippen LogP contribution in [0.15, 0.2) is 36.2 Å². The molecule has 2 atom stereocenters. The lowest BCUT2D eigenvalue weighted by Gasteiger charge is -2.46. The van der Waals surface area contributed by atoms with E-state index in [9.17, 15) is 20.0 Å². The lowest BCUT2D eigenvalue weighted by molar-refractivity contribution is -0.385. The third kappa shape index (κ3) is 7.06. The molecule has 188 valence electrons. The summed E-state index contributed by atoms with van der Waals surface area (Å²) in [4.78, 5) is 21.3. The SMILES string of the molecule is CCCCC1(CCCC)Oc2ccc([N+](=O)[O-])cc2[C@H](N/C=C(\COCC=C=O)OCC)[C@H]1O. The summed E-state index contributed by atoms with van der Waals surface area (Å²) < 4.78 is 17.4. The molecular formula is C25H36N2O7. The average molecular weight is 477 g/mol. The number of unbranched alkanes of at least 4 members (excludes halogenated alkanes) is 2. The predicted molar refractivity (Wildman–Crippen MR) is 128 cm³/mol. The van der Waals surface area contributed by atoms with E-state index in [1.54, 1.807) is 18.2 Å². The van der Waals surface area contributed by atoms with Crippen molar-refractivity contribution in [3.63, 3.8) is 0 Å². The number of hydrogen-bond donors (Lipinski definition) is 2. The van der Waals surface area contributed by atoms with Crippen LogP contribution in [-0.2, 0) is 14.3 Å². The Kier molecular flexibility index (Phi) is 11.1. The molecule has 0 saturated heterocycles. The Balaban J connectivity index is 2.44. The van der Waals surface area contributed by atoms with Crippen molar-refractivity contribution < 1.29 is 29.0 Å². The zero-order valence-electron chi connectivity index (χ0n) is 20.2. The Morgan fingerprint density at radius 3 is 2.59 bits per heavy atom. The Hall–Kier alpha value is -2.87. The predicted octanol–water partition coefficient (Wildman–Crippen LogP) is 4.38. The number of non-ortho nitro benzene ring substituents is 1. The van der Waals surface area contributed by atoms with E-state index in [1.807, 2.05) is 6.92 Å². The van der Waals surface area contributed by atoms with Gasteiger partial charge < -0.3 is 24.6 Å². The number of nitro benzene ring substituents is 1. The van der Waals surface area contributed by atoms with Crippen molar-refractivity contribution in [2.24, 2.45) is 0 Å². The van der Waals surface area contributed by atoms with Crippen LogP contribution in [0, 0.1) is 10.1 Å². The Morgan fingerprint density at radius 2 is 2.00 bits per heavy atom. The molecule has 9 nitrogen and oxygen atoms in total. The van der Waals surface area contributed by atoms with Gasteiger partial charge >= 0.3 is 0 Å². The van der Waals surface area contributed by atoms with Crippen molar-refractivity contribution in [2.45, 2.75) is 77.0 Å². The number of nitro groups is 1. The third-order valence-electron chi connectivity index (χ3n) is 5.90. The molecule has 0 spiro atoms. The average Bonchev–Trinajstić information content (AvgIpc) is 2.83. The lowest BCUT2D eigenvalue weighted by atomic mass is 9.77. The maximum Gasteiger partial charge on any atom is 0.270 e. The molecule has 0 amide bonds. The quantitative estimate of drug-likeness (QED) is 0.126. The van der Waals surface area contributed by atoms with Gasteiger partial charge in [-0.1, -0.05) is 26.7 Å². The molecule has 0 fully saturated rings. The first kappa shape index (κ1) is 27.4. The van der Waals surface area contributed by atoms with E-state index in [0.717, 1.165) is 25.7 Å². The van der Waals surface area contributed by atoms with Crippen molar-refractivity contribution in [1.29, 1.82) is 0 Å². The molecular weight excluding hydrogens is 440 g/mol. The van der Waals surface area contributed by atoms with Gasteiger partial charge in [0, 0.05) is 30.0 Å². The van der Waals surface area contributed by atoms with Crippen LogP contribution in [0.5, 0.6) is 5.75 Å². The fourth-order valence-electron chi connectivity index (χ4n) is 4.14. The molecule has 1 aromatic carbocycles. The molecule has 1 heterocycles. The summed E-state index contributed by atoms with van der Waals surface area (Å²) >= 11 is 0. The fraction of sp³-hybridized carbons (Fsp3) is 0.600. The summed E-state index contributed by atoms with van der Waals surface area (Å²) in [7, 11) is 0. The molecule has 0 bridgehead atoms. The summed E-state index contributed by atoms with van der Waals surface area (Å²) in [5, 5.41) is 26.2. The second kappa shape index (κ2) is 13.7. The largest absolute Gasteiger partial charge is 0.494 e. The summed E-state index contributed by atoms with van der Waals surface area (Å²) in [6.45, 7) is 6.62. The summed E-state index contributed by atoms with van der Waals surface area (Å²) in [5.41, 5.74) is -0.367. The normalized spacial score (nSPS) is 18.9. The van der Waals surface area contributed by atoms with Crippen molar-refractivity contribution in [3.05, 3.63) is 51.9 Å². The van der Waals surface area contributed by atoms with Crippen LogP contribution in [0.1, 0.15) is 70.9 Å². The van der Waals surface area contributed by atoms with Crippen LogP contribution >= 0.6 is 0 Å². The Labute approximate surface area is 200 Å². The zero-order valence-corrected chi connectivity index (χ0v) is 20.2. The molecule has 1 aliphatic heterocycles. The maximum atomic E-state index is 11.6. The van der Waals surface area contributed by atoms with Crippen molar-refractivity contribution >= 4 is 11.6 Å². The highest BCUT2D eigenvalue weighted by Gasteiger charge is 2.48. The number of rotatable bonds is 15. The molecule has 0 unspecified atom stereocenters. The van der Waals surface area contributed by atoms with E-state index < -0.39 is 22.7 Å². The van der Waals surface area contributed by atoms with E-state index in [-0.39, 0.29) is 18.9 Å². The number of nitrogens with one attached hydrogen (secondary N) is 1. The van der Waals surface area contributed by atoms with E-state index >= 15 is 0 Å². The minimum atomic E-state index is -0.946. The summed E-state index contributed by atoms with van der Waals surface area (Å²) in [6.07, 6.45) is 6.90. The summed E-state index contributed by atoms with van der Waals surface area (Å²) in [5.74, 6) is 2.65. The van der Waals surface area contributed by atoms with E-state index in [4.69, 9.17) is 14.2 Å². The highest BCUT2D eigenvalue weighted by Crippen LogP contribution is 2.45. The highest BCUT2D eigenvalue weighted by molar-refractivity contribution is 5.48. The molecule has 2 N–H and O–H groups in total. The van der Waals surface area contributed by atoms with Gasteiger partial charge in [0.2, 0.25) is 0 Å². The zero-order chi connectivity index (χ0) is 25.0. The van der Waals surface area contributed by atoms with Gasteiger partial charge in [-0.3, -0.25) is 10.1 Å². The number of benzene rings is 1. The molecule has 34 heavy (non-hydrogen) atoms. The van der Waals surface area contributed by atoms with Gasteiger partial charge in [-0.15, -0.1) is 0 Å². The second-order valence-electron chi connectivity index (χ2n) is 8.32. The monoisotopic (exact) mass is 476 g/mol. The molecule has 2 rings (SSSR count). The number of aliphatic hydroxyl groups is 1.